The molecule has 0 spiro atoms. The molecule has 1 aliphatic heterocycles. The van der Waals surface area contributed by atoms with E-state index in [1.165, 1.54) is 32.1 Å². The molecule has 0 aliphatic carbocycles. The maximum absolute atomic E-state index is 13.4. The van der Waals surface area contributed by atoms with Crippen molar-refractivity contribution in [3.63, 3.8) is 0 Å². The van der Waals surface area contributed by atoms with Crippen LogP contribution in [0.15, 0.2) is 42.5 Å². The summed E-state index contributed by atoms with van der Waals surface area (Å²) in [4.78, 5) is 34.3. The van der Waals surface area contributed by atoms with Crippen LogP contribution in [0.5, 0.6) is 0 Å². The average Bonchev–Trinajstić information content (AvgIpc) is 3.47. The highest BCUT2D eigenvalue weighted by molar-refractivity contribution is 6.35. The van der Waals surface area contributed by atoms with Crippen molar-refractivity contribution < 1.29 is 37.4 Å². The molecular weight excluding hydrogens is 746 g/mol. The van der Waals surface area contributed by atoms with Crippen LogP contribution >= 0.6 is 23.2 Å². The maximum Gasteiger partial charge on any atom is 0.490 e. The van der Waals surface area contributed by atoms with Gasteiger partial charge in [0, 0.05) is 47.6 Å². The summed E-state index contributed by atoms with van der Waals surface area (Å²) in [6.45, 7) is 4.61. The average molecular weight is 795 g/mol. The van der Waals surface area contributed by atoms with Gasteiger partial charge in [-0.3, -0.25) is 15.0 Å². The van der Waals surface area contributed by atoms with Crippen LogP contribution in [0.1, 0.15) is 105 Å². The number of esters is 1. The van der Waals surface area contributed by atoms with Crippen LogP contribution < -0.4 is 11.2 Å². The SMILES string of the molecule is Cc1c(C(=O)NN2CCCCC2)nn(-c2ccc(Cl)cc2Cl)c1-c1ccc(C#CCCOC(=O)CCCCCCCCCCN)cc1.O=C(O)C(F)(F)F. The number of nitrogens with one attached hydrogen (secondary N) is 1. The lowest BCUT2D eigenvalue weighted by molar-refractivity contribution is -0.192. The normalized spacial score (nSPS) is 12.9. The van der Waals surface area contributed by atoms with Gasteiger partial charge in [0.15, 0.2) is 5.69 Å². The third-order valence-corrected chi connectivity index (χ3v) is 9.09. The fourth-order valence-electron chi connectivity index (χ4n) is 5.72. The second kappa shape index (κ2) is 23.0. The molecule has 1 fully saturated rings. The number of aromatic nitrogens is 2. The largest absolute Gasteiger partial charge is 0.490 e. The number of nitrogens with zero attached hydrogens (tertiary/aromatic N) is 3. The minimum Gasteiger partial charge on any atom is -0.475 e. The zero-order valence-electron chi connectivity index (χ0n) is 30.5. The molecule has 3 aromatic rings. The number of piperidine rings is 1. The predicted octanol–water partition coefficient (Wildman–Crippen LogP) is 8.67. The standard InChI is InChI=1S/C37H47Cl2N5O3.C2HF3O2/c1-28-35(37(46)42-43-24-12-8-13-25-43)41-44(33-22-21-31(38)27-32(33)39)36(28)30-19-17-29(18-20-30)15-10-14-26-47-34(45)16-9-6-4-2-3-5-7-11-23-40;3-2(4,5)1(6)7/h17-22,27H,2-9,11-14,16,23-26,40H2,1H3,(H,42,46);(H,6,7). The van der Waals surface area contributed by atoms with Gasteiger partial charge in [-0.2, -0.15) is 18.3 Å². The maximum atomic E-state index is 13.4. The lowest BCUT2D eigenvalue weighted by Gasteiger charge is -2.26. The number of carboxylic acid groups (broad SMARTS) is 1. The van der Waals surface area contributed by atoms with Crippen LogP contribution in [0.4, 0.5) is 13.2 Å². The fourth-order valence-corrected chi connectivity index (χ4v) is 6.21. The van der Waals surface area contributed by atoms with Crippen molar-refractivity contribution >= 4 is 41.0 Å². The van der Waals surface area contributed by atoms with E-state index in [0.29, 0.717) is 34.3 Å². The van der Waals surface area contributed by atoms with E-state index in [1.54, 1.807) is 22.9 Å². The summed E-state index contributed by atoms with van der Waals surface area (Å²) in [5.74, 6) is 3.09. The van der Waals surface area contributed by atoms with E-state index in [4.69, 9.17) is 48.7 Å². The second-order valence-corrected chi connectivity index (χ2v) is 13.7. The Morgan fingerprint density at radius 3 is 2.15 bits per heavy atom. The molecule has 54 heavy (non-hydrogen) atoms. The Morgan fingerprint density at radius 1 is 0.944 bits per heavy atom. The Bertz CT molecular complexity index is 1730. The van der Waals surface area contributed by atoms with Crippen molar-refractivity contribution in [3.8, 4) is 28.8 Å². The first kappa shape index (κ1) is 44.3. The van der Waals surface area contributed by atoms with E-state index in [2.05, 4.69) is 17.3 Å². The van der Waals surface area contributed by atoms with Crippen LogP contribution in [-0.2, 0) is 14.3 Å². The van der Waals surface area contributed by atoms with Gasteiger partial charge in [-0.05, 0) is 69.5 Å². The molecule has 0 atom stereocenters. The highest BCUT2D eigenvalue weighted by atomic mass is 35.5. The molecule has 2 aromatic carbocycles. The molecule has 2 heterocycles. The molecule has 10 nitrogen and oxygen atoms in total. The number of nitrogens with two attached hydrogens (primary N) is 1. The Labute approximate surface area is 324 Å². The number of unbranched alkanes of at least 4 members (excludes halogenated alkanes) is 7. The molecule has 15 heteroatoms. The van der Waals surface area contributed by atoms with Gasteiger partial charge in [-0.25, -0.2) is 14.5 Å². The van der Waals surface area contributed by atoms with Gasteiger partial charge in [0.2, 0.25) is 0 Å². The second-order valence-electron chi connectivity index (χ2n) is 12.8. The monoisotopic (exact) mass is 793 g/mol. The minimum atomic E-state index is -5.08. The molecule has 0 saturated carbocycles. The Balaban J connectivity index is 0.00000102. The van der Waals surface area contributed by atoms with Gasteiger partial charge in [-0.1, -0.05) is 92.1 Å². The lowest BCUT2D eigenvalue weighted by atomic mass is 10.0. The van der Waals surface area contributed by atoms with E-state index >= 15 is 0 Å². The highest BCUT2D eigenvalue weighted by Gasteiger charge is 2.38. The van der Waals surface area contributed by atoms with E-state index in [9.17, 15) is 22.8 Å². The summed E-state index contributed by atoms with van der Waals surface area (Å²) >= 11 is 12.8. The quantitative estimate of drug-likeness (QED) is 0.0744. The number of hydrogen-bond donors (Lipinski definition) is 3. The topological polar surface area (TPSA) is 140 Å². The van der Waals surface area contributed by atoms with Crippen molar-refractivity contribution in [2.45, 2.75) is 96.6 Å². The fraction of sp³-hybridized carbons (Fsp3) is 0.487. The molecule has 1 saturated heterocycles. The molecule has 4 N–H and O–H groups in total. The van der Waals surface area contributed by atoms with Crippen molar-refractivity contribution in [1.82, 2.24) is 20.2 Å². The number of carboxylic acids is 1. The van der Waals surface area contributed by atoms with E-state index < -0.39 is 12.1 Å². The van der Waals surface area contributed by atoms with Crippen LogP contribution in [0, 0.1) is 18.8 Å². The third kappa shape index (κ3) is 15.0. The molecule has 0 radical (unpaired) electrons. The predicted molar refractivity (Wildman–Crippen MR) is 203 cm³/mol. The molecule has 0 unspecified atom stereocenters. The van der Waals surface area contributed by atoms with Gasteiger partial charge in [0.25, 0.3) is 5.91 Å². The smallest absolute Gasteiger partial charge is 0.475 e. The van der Waals surface area contributed by atoms with Gasteiger partial charge in [0.1, 0.15) is 6.61 Å². The molecule has 1 amide bonds. The number of hydrogen-bond acceptors (Lipinski definition) is 7. The van der Waals surface area contributed by atoms with Crippen LogP contribution in [0.25, 0.3) is 16.9 Å². The number of aliphatic carboxylic acids is 1. The van der Waals surface area contributed by atoms with Gasteiger partial charge in [0.05, 0.1) is 16.4 Å². The summed E-state index contributed by atoms with van der Waals surface area (Å²) in [7, 11) is 0. The van der Waals surface area contributed by atoms with E-state index in [-0.39, 0.29) is 18.5 Å². The lowest BCUT2D eigenvalue weighted by Crippen LogP contribution is -2.45. The van der Waals surface area contributed by atoms with Crippen LogP contribution in [-0.4, -0.2) is 70.2 Å². The van der Waals surface area contributed by atoms with Gasteiger partial charge < -0.3 is 15.6 Å². The van der Waals surface area contributed by atoms with Crippen molar-refractivity contribution in [3.05, 3.63) is 69.3 Å². The number of ether oxygens (including phenoxy) is 1. The number of rotatable bonds is 16. The zero-order chi connectivity index (χ0) is 39.5. The third-order valence-electron chi connectivity index (χ3n) is 8.55. The summed E-state index contributed by atoms with van der Waals surface area (Å²) < 4.78 is 38.8. The molecule has 1 aliphatic rings. The number of amides is 1. The Kier molecular flexibility index (Phi) is 18.8. The Hall–Kier alpha value is -4.09. The molecular formula is C39H48Cl2F3N5O5. The van der Waals surface area contributed by atoms with Crippen molar-refractivity contribution in [2.24, 2.45) is 5.73 Å². The first-order valence-electron chi connectivity index (χ1n) is 18.2. The molecule has 294 valence electrons. The van der Waals surface area contributed by atoms with E-state index in [0.717, 1.165) is 80.5 Å². The summed E-state index contributed by atoms with van der Waals surface area (Å²) in [6, 6.07) is 13.0. The number of carbonyl (C=O) groups is 3. The number of alkyl halides is 3. The number of hydrazine groups is 1. The highest BCUT2D eigenvalue weighted by Crippen LogP contribution is 2.33. The first-order valence-corrected chi connectivity index (χ1v) is 18.9. The molecule has 0 bridgehead atoms. The van der Waals surface area contributed by atoms with Gasteiger partial charge >= 0.3 is 18.1 Å². The molecule has 1 aromatic heterocycles. The number of carbonyl (C=O) groups excluding carboxylic acids is 2. The van der Waals surface area contributed by atoms with Crippen molar-refractivity contribution in [2.75, 3.05) is 26.2 Å². The van der Waals surface area contributed by atoms with Crippen LogP contribution in [0.3, 0.4) is 0 Å². The van der Waals surface area contributed by atoms with Crippen LogP contribution in [0.2, 0.25) is 10.0 Å². The minimum absolute atomic E-state index is 0.157. The van der Waals surface area contributed by atoms with Crippen molar-refractivity contribution in [1.29, 1.82) is 0 Å². The van der Waals surface area contributed by atoms with E-state index in [1.807, 2.05) is 36.2 Å². The summed E-state index contributed by atoms with van der Waals surface area (Å²) in [5, 5.41) is 14.8. The summed E-state index contributed by atoms with van der Waals surface area (Å²) in [5.41, 5.74) is 12.7. The number of halogens is 5. The zero-order valence-corrected chi connectivity index (χ0v) is 32.0. The Morgan fingerprint density at radius 2 is 1.56 bits per heavy atom. The number of benzene rings is 2. The first-order chi connectivity index (χ1) is 25.8. The molecule has 4 rings (SSSR count). The summed E-state index contributed by atoms with van der Waals surface area (Å²) in [6.07, 6.45) is 8.23. The van der Waals surface area contributed by atoms with Gasteiger partial charge in [-0.15, -0.1) is 0 Å².